The highest BCUT2D eigenvalue weighted by Crippen LogP contribution is 2.41. The zero-order valence-corrected chi connectivity index (χ0v) is 15.3. The van der Waals surface area contributed by atoms with Gasteiger partial charge in [0.25, 0.3) is 5.91 Å². The summed E-state index contributed by atoms with van der Waals surface area (Å²) >= 11 is 0. The van der Waals surface area contributed by atoms with E-state index in [2.05, 4.69) is 5.32 Å². The molecule has 0 radical (unpaired) electrons. The maximum Gasteiger partial charge on any atom is 0.407 e. The molecule has 9 heteroatoms. The second kappa shape index (κ2) is 8.00. The fourth-order valence-electron chi connectivity index (χ4n) is 4.41. The van der Waals surface area contributed by atoms with Crippen molar-refractivity contribution in [2.75, 3.05) is 6.61 Å². The van der Waals surface area contributed by atoms with Gasteiger partial charge in [0, 0.05) is 37.6 Å². The lowest BCUT2D eigenvalue weighted by molar-refractivity contribution is -0.148. The highest BCUT2D eigenvalue weighted by atomic mass is 19.1. The minimum atomic E-state index is -1.75. The number of hydrogen-bond donors (Lipinski definition) is 4. The number of benzene rings is 1. The second-order valence-corrected chi connectivity index (χ2v) is 7.61. The van der Waals surface area contributed by atoms with Crippen molar-refractivity contribution in [3.63, 3.8) is 0 Å². The summed E-state index contributed by atoms with van der Waals surface area (Å²) in [6.07, 6.45) is 0.573. The minimum Gasteiger partial charge on any atom is -0.465 e. The smallest absolute Gasteiger partial charge is 0.407 e. The lowest BCUT2D eigenvalue weighted by atomic mass is 9.85. The normalized spacial score (nSPS) is 27.5. The molecule has 1 aromatic carbocycles. The highest BCUT2D eigenvalue weighted by Gasteiger charge is 2.53. The van der Waals surface area contributed by atoms with Crippen LogP contribution >= 0.6 is 0 Å². The Morgan fingerprint density at radius 2 is 1.75 bits per heavy atom. The Bertz CT molecular complexity index is 726. The molecule has 3 rings (SSSR count). The van der Waals surface area contributed by atoms with Crippen molar-refractivity contribution in [2.45, 2.75) is 62.3 Å². The van der Waals surface area contributed by atoms with Gasteiger partial charge in [0.05, 0.1) is 6.04 Å². The molecule has 4 N–H and O–H groups in total. The molecule has 154 valence electrons. The van der Waals surface area contributed by atoms with Gasteiger partial charge in [-0.1, -0.05) is 0 Å². The Hall–Kier alpha value is -2.26. The van der Waals surface area contributed by atoms with Crippen LogP contribution in [0, 0.1) is 11.6 Å². The number of nitrogens with zero attached hydrogens (tertiary/aromatic N) is 1. The van der Waals surface area contributed by atoms with Crippen molar-refractivity contribution >= 4 is 12.0 Å². The fraction of sp³-hybridized carbons (Fsp3) is 0.579. The molecule has 2 aliphatic rings. The molecule has 2 bridgehead atoms. The number of fused-ring (bicyclic) bond motifs is 2. The van der Waals surface area contributed by atoms with Crippen molar-refractivity contribution < 1.29 is 33.7 Å². The molecule has 2 saturated heterocycles. The van der Waals surface area contributed by atoms with E-state index in [1.807, 2.05) is 0 Å². The first-order valence-corrected chi connectivity index (χ1v) is 9.35. The molecule has 2 unspecified atom stereocenters. The van der Waals surface area contributed by atoms with Crippen molar-refractivity contribution in [2.24, 2.45) is 0 Å². The summed E-state index contributed by atoms with van der Waals surface area (Å²) in [7, 11) is 0. The van der Waals surface area contributed by atoms with Gasteiger partial charge in [-0.2, -0.15) is 0 Å². The molecule has 0 aromatic heterocycles. The lowest BCUT2D eigenvalue weighted by Crippen LogP contribution is -2.59. The van der Waals surface area contributed by atoms with Crippen LogP contribution in [0.2, 0.25) is 0 Å². The Labute approximate surface area is 161 Å². The predicted molar refractivity (Wildman–Crippen MR) is 94.4 cm³/mol. The minimum absolute atomic E-state index is 0.0220. The van der Waals surface area contributed by atoms with E-state index in [1.54, 1.807) is 0 Å². The van der Waals surface area contributed by atoms with Gasteiger partial charge in [-0.15, -0.1) is 0 Å². The maximum atomic E-state index is 13.6. The van der Waals surface area contributed by atoms with Crippen LogP contribution in [0.15, 0.2) is 18.2 Å². The number of amides is 2. The van der Waals surface area contributed by atoms with Crippen LogP contribution in [0.1, 0.15) is 50.1 Å². The van der Waals surface area contributed by atoms with E-state index in [4.69, 9.17) is 5.11 Å². The Morgan fingerprint density at radius 1 is 1.18 bits per heavy atom. The van der Waals surface area contributed by atoms with Crippen molar-refractivity contribution in [3.8, 4) is 0 Å². The topological polar surface area (TPSA) is 110 Å². The van der Waals surface area contributed by atoms with Gasteiger partial charge in [-0.25, -0.2) is 13.6 Å². The molecule has 2 amide bonds. The van der Waals surface area contributed by atoms with Crippen LogP contribution in [-0.4, -0.2) is 56.5 Å². The third-order valence-electron chi connectivity index (χ3n) is 5.65. The molecule has 3 atom stereocenters. The summed E-state index contributed by atoms with van der Waals surface area (Å²) in [6, 6.07) is 1.27. The van der Waals surface area contributed by atoms with Crippen LogP contribution < -0.4 is 5.32 Å². The number of aliphatic hydroxyl groups is 2. The van der Waals surface area contributed by atoms with Gasteiger partial charge >= 0.3 is 6.09 Å². The Kier molecular flexibility index (Phi) is 5.85. The number of hydrogen-bond acceptors (Lipinski definition) is 4. The molecule has 7 nitrogen and oxygen atoms in total. The summed E-state index contributed by atoms with van der Waals surface area (Å²) in [4.78, 5) is 25.5. The summed E-state index contributed by atoms with van der Waals surface area (Å²) < 4.78 is 27.2. The number of aliphatic hydroxyl groups excluding tert-OH is 1. The van der Waals surface area contributed by atoms with Crippen molar-refractivity contribution in [1.29, 1.82) is 0 Å². The first-order valence-electron chi connectivity index (χ1n) is 9.35. The third kappa shape index (κ3) is 4.10. The van der Waals surface area contributed by atoms with Gasteiger partial charge in [-0.05, 0) is 43.4 Å². The zero-order valence-electron chi connectivity index (χ0n) is 15.3. The number of carbonyl (C=O) groups excluding carboxylic acids is 1. The van der Waals surface area contributed by atoms with Crippen LogP contribution in [0.25, 0.3) is 0 Å². The van der Waals surface area contributed by atoms with Gasteiger partial charge in [0.1, 0.15) is 17.2 Å². The van der Waals surface area contributed by atoms with Gasteiger partial charge in [0.15, 0.2) is 0 Å². The molecule has 1 aromatic rings. The monoisotopic (exact) mass is 398 g/mol. The van der Waals surface area contributed by atoms with Crippen molar-refractivity contribution in [3.05, 3.63) is 35.4 Å². The molecule has 0 saturated carbocycles. The van der Waals surface area contributed by atoms with Gasteiger partial charge in [-0.3, -0.25) is 4.79 Å². The highest BCUT2D eigenvalue weighted by molar-refractivity contribution is 5.86. The number of piperidine rings is 1. The summed E-state index contributed by atoms with van der Waals surface area (Å²) in [5.74, 6) is -2.27. The number of halogens is 2. The van der Waals surface area contributed by atoms with E-state index >= 15 is 0 Å². The first kappa shape index (κ1) is 20.5. The molecule has 2 heterocycles. The fourth-order valence-corrected chi connectivity index (χ4v) is 4.41. The average Bonchev–Trinajstić information content (AvgIpc) is 2.90. The van der Waals surface area contributed by atoms with Crippen LogP contribution in [0.4, 0.5) is 13.6 Å². The molecular formula is C19H24F2N2O5. The summed E-state index contributed by atoms with van der Waals surface area (Å²) in [5.41, 5.74) is -1.55. The standard InChI is InChI=1S/C19H24F2N2O5/c20-12-6-11(7-13(21)8-12)16(2-1-5-24)22-17(25)19(28)9-14-3-4-15(10-19)23(14)18(26)27/h6-8,14-16,24,28H,1-5,9-10H2,(H,22,25)(H,26,27)/t14?,15?,16-,19?/m0/s1. The largest absolute Gasteiger partial charge is 0.465 e. The SMILES string of the molecule is O=C(O)N1C2CCC1CC(O)(C(=O)N[C@@H](CCCO)c1cc(F)cc(F)c1)C2. The van der Waals surface area contributed by atoms with Gasteiger partial charge in [0.2, 0.25) is 0 Å². The summed E-state index contributed by atoms with van der Waals surface area (Å²) in [6.45, 7) is -0.161. The van der Waals surface area contributed by atoms with Crippen LogP contribution in [-0.2, 0) is 4.79 Å². The van der Waals surface area contributed by atoms with Crippen molar-refractivity contribution in [1.82, 2.24) is 10.2 Å². The molecular weight excluding hydrogens is 374 g/mol. The molecule has 28 heavy (non-hydrogen) atoms. The average molecular weight is 398 g/mol. The molecule has 2 aliphatic heterocycles. The first-order chi connectivity index (χ1) is 13.2. The maximum absolute atomic E-state index is 13.6. The zero-order chi connectivity index (χ0) is 20.5. The summed E-state index contributed by atoms with van der Waals surface area (Å²) in [5, 5.41) is 32.0. The second-order valence-electron chi connectivity index (χ2n) is 7.61. The molecule has 2 fully saturated rings. The molecule has 0 spiro atoms. The van der Waals surface area contributed by atoms with E-state index < -0.39 is 47.4 Å². The quantitative estimate of drug-likeness (QED) is 0.585. The van der Waals surface area contributed by atoms with E-state index in [0.29, 0.717) is 19.3 Å². The molecule has 0 aliphatic carbocycles. The number of rotatable bonds is 6. The van der Waals surface area contributed by atoms with E-state index in [9.17, 15) is 28.6 Å². The lowest BCUT2D eigenvalue weighted by Gasteiger charge is -2.41. The van der Waals surface area contributed by atoms with E-state index in [0.717, 1.165) is 18.2 Å². The van der Waals surface area contributed by atoms with E-state index in [1.165, 1.54) is 4.90 Å². The van der Waals surface area contributed by atoms with Gasteiger partial charge < -0.3 is 25.5 Å². The Balaban J connectivity index is 1.77. The van der Waals surface area contributed by atoms with E-state index in [-0.39, 0.29) is 31.4 Å². The van der Waals surface area contributed by atoms with Crippen LogP contribution in [0.5, 0.6) is 0 Å². The Morgan fingerprint density at radius 3 is 2.25 bits per heavy atom. The van der Waals surface area contributed by atoms with Crippen LogP contribution in [0.3, 0.4) is 0 Å². The number of nitrogens with one attached hydrogen (secondary N) is 1. The number of carbonyl (C=O) groups is 2. The number of carboxylic acid groups (broad SMARTS) is 1. The third-order valence-corrected chi connectivity index (χ3v) is 5.65. The predicted octanol–water partition coefficient (Wildman–Crippen LogP) is 1.93.